The molecule has 9 nitrogen and oxygen atoms in total. The molecule has 36 heavy (non-hydrogen) atoms. The third-order valence-electron chi connectivity index (χ3n) is 6.83. The Balaban J connectivity index is 1.57. The lowest BCUT2D eigenvalue weighted by atomic mass is 10.0. The molecule has 1 aliphatic carbocycles. The number of aliphatic imine (C=N–C) groups is 1. The van der Waals surface area contributed by atoms with Crippen molar-refractivity contribution in [3.8, 4) is 11.8 Å². The van der Waals surface area contributed by atoms with E-state index in [4.69, 9.17) is 28.2 Å². The Morgan fingerprint density at radius 2 is 2.03 bits per heavy atom. The number of halogens is 1. The molecule has 1 saturated heterocycles. The van der Waals surface area contributed by atoms with Gasteiger partial charge in [-0.2, -0.15) is 5.10 Å². The van der Waals surface area contributed by atoms with E-state index in [1.807, 2.05) is 27.8 Å². The molecule has 2 atom stereocenters. The molecule has 1 aromatic heterocycles. The van der Waals surface area contributed by atoms with Gasteiger partial charge in [0.1, 0.15) is 17.1 Å². The molecule has 1 saturated carbocycles. The zero-order valence-electron chi connectivity index (χ0n) is 20.4. The number of hydrogen-bond acceptors (Lipinski definition) is 6. The number of likely N-dealkylation sites (tertiary alicyclic amines) is 1. The van der Waals surface area contributed by atoms with E-state index in [2.05, 4.69) is 22.2 Å². The van der Waals surface area contributed by atoms with Crippen LogP contribution in [0.25, 0.3) is 5.57 Å². The van der Waals surface area contributed by atoms with E-state index in [-0.39, 0.29) is 17.5 Å². The van der Waals surface area contributed by atoms with Crippen molar-refractivity contribution in [3.63, 3.8) is 0 Å². The highest BCUT2D eigenvalue weighted by Crippen LogP contribution is 2.45. The van der Waals surface area contributed by atoms with E-state index < -0.39 is 5.91 Å². The second-order valence-corrected chi connectivity index (χ2v) is 9.52. The number of nitrogens with one attached hydrogen (secondary N) is 1. The molecule has 2 aromatic rings. The Morgan fingerprint density at radius 3 is 2.61 bits per heavy atom. The van der Waals surface area contributed by atoms with Gasteiger partial charge in [0, 0.05) is 43.1 Å². The number of nitrogens with two attached hydrogens (primary N) is 2. The minimum Gasteiger partial charge on any atom is -0.404 e. The maximum absolute atomic E-state index is 12.5. The van der Waals surface area contributed by atoms with Crippen LogP contribution in [-0.4, -0.2) is 52.8 Å². The Labute approximate surface area is 215 Å². The summed E-state index contributed by atoms with van der Waals surface area (Å²) in [5.74, 6) is 5.86. The second kappa shape index (κ2) is 10.9. The van der Waals surface area contributed by atoms with Crippen LogP contribution in [-0.2, 0) is 11.3 Å². The molecule has 2 aliphatic rings. The first-order valence-electron chi connectivity index (χ1n) is 11.8. The third kappa shape index (κ3) is 5.09. The Bertz CT molecular complexity index is 1270. The first kappa shape index (κ1) is 25.3. The average Bonchev–Trinajstić information content (AvgIpc) is 3.53. The summed E-state index contributed by atoms with van der Waals surface area (Å²) in [5.41, 5.74) is 13.8. The average molecular weight is 508 g/mol. The summed E-state index contributed by atoms with van der Waals surface area (Å²) in [6, 6.07) is 7.50. The highest BCUT2D eigenvalue weighted by atomic mass is 35.5. The topological polar surface area (TPSA) is 132 Å². The lowest BCUT2D eigenvalue weighted by molar-refractivity contribution is -0.124. The smallest absolute Gasteiger partial charge is 0.298 e. The van der Waals surface area contributed by atoms with Crippen LogP contribution in [0.2, 0.25) is 5.02 Å². The molecule has 4 rings (SSSR count). The summed E-state index contributed by atoms with van der Waals surface area (Å²) in [6.07, 6.45) is 4.65. The number of primary amides is 1. The maximum atomic E-state index is 12.5. The van der Waals surface area contributed by atoms with E-state index in [9.17, 15) is 9.59 Å². The minimum atomic E-state index is -0.601. The van der Waals surface area contributed by atoms with E-state index >= 15 is 0 Å². The van der Waals surface area contributed by atoms with Crippen molar-refractivity contribution in [1.29, 1.82) is 0 Å². The highest BCUT2D eigenvalue weighted by molar-refractivity contribution is 6.30. The van der Waals surface area contributed by atoms with Gasteiger partial charge in [-0.25, -0.2) is 4.68 Å². The van der Waals surface area contributed by atoms with Gasteiger partial charge >= 0.3 is 0 Å². The van der Waals surface area contributed by atoms with Gasteiger partial charge in [0.25, 0.3) is 11.8 Å². The van der Waals surface area contributed by atoms with Crippen molar-refractivity contribution in [2.24, 2.45) is 28.3 Å². The van der Waals surface area contributed by atoms with Gasteiger partial charge in [0.15, 0.2) is 0 Å². The molecule has 0 radical (unpaired) electrons. The summed E-state index contributed by atoms with van der Waals surface area (Å²) < 4.78 is 1.85. The predicted molar refractivity (Wildman–Crippen MR) is 141 cm³/mol. The fourth-order valence-electron chi connectivity index (χ4n) is 5.26. The predicted octanol–water partition coefficient (Wildman–Crippen LogP) is 2.68. The molecular weight excluding hydrogens is 478 g/mol. The fourth-order valence-corrected chi connectivity index (χ4v) is 5.47. The molecule has 188 valence electrons. The molecule has 1 aliphatic heterocycles. The molecule has 1 aromatic carbocycles. The number of carbonyl (C=O) groups is 2. The Kier molecular flexibility index (Phi) is 7.65. The molecule has 2 heterocycles. The lowest BCUT2D eigenvalue weighted by Gasteiger charge is -2.19. The van der Waals surface area contributed by atoms with Gasteiger partial charge in [-0.3, -0.25) is 14.6 Å². The van der Waals surface area contributed by atoms with Crippen molar-refractivity contribution in [2.45, 2.75) is 32.4 Å². The number of benzene rings is 1. The molecular formula is C26H30ClN7O2. The molecule has 0 bridgehead atoms. The second-order valence-electron chi connectivity index (χ2n) is 9.08. The summed E-state index contributed by atoms with van der Waals surface area (Å²) >= 11 is 6.06. The summed E-state index contributed by atoms with van der Waals surface area (Å²) in [6.45, 7) is 3.43. The largest absolute Gasteiger partial charge is 0.404 e. The number of allylic oxidation sites excluding steroid dienone is 1. The van der Waals surface area contributed by atoms with Crippen molar-refractivity contribution in [3.05, 3.63) is 52.3 Å². The van der Waals surface area contributed by atoms with Crippen LogP contribution in [0, 0.1) is 23.7 Å². The van der Waals surface area contributed by atoms with Crippen LogP contribution in [0.5, 0.6) is 0 Å². The number of nitrogens with zero attached hydrogens (tertiary/aromatic N) is 4. The molecule has 0 spiro atoms. The standard InChI is InChI=1S/C26H30ClN7O2/c1-3-5-22(35)33-14-17-9-21(10-18(17)15-33)34-26(30-2)23(25(29)36)24(32-34)19(11-28)13-31-12-16-6-4-7-20(27)8-16/h4,6-8,11,13,17-18,21,30H,9-10,12,14-15,28H2,1-2H3,(H2,29,36). The normalized spacial score (nSPS) is 21.4. The third-order valence-corrected chi connectivity index (χ3v) is 7.07. The molecule has 10 heteroatoms. The van der Waals surface area contributed by atoms with Gasteiger partial charge in [-0.05, 0) is 55.2 Å². The Morgan fingerprint density at radius 1 is 1.31 bits per heavy atom. The van der Waals surface area contributed by atoms with Crippen LogP contribution >= 0.6 is 11.6 Å². The van der Waals surface area contributed by atoms with Gasteiger partial charge in [0.2, 0.25) is 0 Å². The number of amides is 2. The number of carbonyl (C=O) groups excluding carboxylic acids is 2. The highest BCUT2D eigenvalue weighted by Gasteiger charge is 2.44. The van der Waals surface area contributed by atoms with Crippen molar-refractivity contribution >= 4 is 41.0 Å². The van der Waals surface area contributed by atoms with Gasteiger partial charge in [0.05, 0.1) is 12.6 Å². The number of anilines is 1. The van der Waals surface area contributed by atoms with Crippen molar-refractivity contribution < 1.29 is 9.59 Å². The zero-order chi connectivity index (χ0) is 25.8. The molecule has 2 fully saturated rings. The Hall–Kier alpha value is -3.77. The number of fused-ring (bicyclic) bond motifs is 1. The first-order chi connectivity index (χ1) is 17.4. The minimum absolute atomic E-state index is 0.0613. The molecule has 5 N–H and O–H groups in total. The molecule has 2 unspecified atom stereocenters. The monoisotopic (exact) mass is 507 g/mol. The lowest BCUT2D eigenvalue weighted by Crippen LogP contribution is -2.29. The number of hydrogen-bond donors (Lipinski definition) is 3. The fraction of sp³-hybridized carbons (Fsp3) is 0.385. The SMILES string of the molecule is CC#CC(=O)N1CC2CC(n3nc(C(C=NCc4cccc(Cl)c4)=CN)c(C(N)=O)c3NC)CC2C1. The summed E-state index contributed by atoms with van der Waals surface area (Å²) in [7, 11) is 1.74. The number of rotatable bonds is 7. The van der Waals surface area contributed by atoms with Crippen LogP contribution in [0.4, 0.5) is 5.82 Å². The van der Waals surface area contributed by atoms with Crippen molar-refractivity contribution in [2.75, 3.05) is 25.5 Å². The van der Waals surface area contributed by atoms with E-state index in [1.54, 1.807) is 26.3 Å². The quantitative estimate of drug-likeness (QED) is 0.391. The van der Waals surface area contributed by atoms with Gasteiger partial charge in [-0.1, -0.05) is 29.7 Å². The van der Waals surface area contributed by atoms with Crippen LogP contribution < -0.4 is 16.8 Å². The van der Waals surface area contributed by atoms with E-state index in [1.165, 1.54) is 6.20 Å². The number of aromatic nitrogens is 2. The van der Waals surface area contributed by atoms with Crippen LogP contribution in [0.3, 0.4) is 0 Å². The maximum Gasteiger partial charge on any atom is 0.298 e. The van der Waals surface area contributed by atoms with E-state index in [0.29, 0.717) is 53.6 Å². The van der Waals surface area contributed by atoms with Crippen LogP contribution in [0.1, 0.15) is 47.4 Å². The van der Waals surface area contributed by atoms with Crippen molar-refractivity contribution in [1.82, 2.24) is 14.7 Å². The summed E-state index contributed by atoms with van der Waals surface area (Å²) in [5, 5.41) is 8.54. The van der Waals surface area contributed by atoms with Gasteiger partial charge < -0.3 is 21.7 Å². The zero-order valence-corrected chi connectivity index (χ0v) is 21.1. The van der Waals surface area contributed by atoms with Gasteiger partial charge in [-0.15, -0.1) is 0 Å². The van der Waals surface area contributed by atoms with Crippen LogP contribution in [0.15, 0.2) is 35.5 Å². The summed E-state index contributed by atoms with van der Waals surface area (Å²) in [4.78, 5) is 31.0. The molecule has 2 amide bonds. The van der Waals surface area contributed by atoms with E-state index in [0.717, 1.165) is 18.4 Å². The first-order valence-corrected chi connectivity index (χ1v) is 12.2.